The Morgan fingerprint density at radius 2 is 1.89 bits per heavy atom. The molecule has 2 aliphatic heterocycles. The zero-order valence-electron chi connectivity index (χ0n) is 26.0. The predicted octanol–water partition coefficient (Wildman–Crippen LogP) is 1.91. The number of aliphatic hydroxyl groups is 1. The minimum absolute atomic E-state index is 0.0282. The molecule has 0 bridgehead atoms. The van der Waals surface area contributed by atoms with E-state index in [2.05, 4.69) is 27.9 Å². The van der Waals surface area contributed by atoms with Gasteiger partial charge in [-0.15, -0.1) is 17.2 Å². The Morgan fingerprint density at radius 1 is 1.20 bits per heavy atom. The molecule has 0 spiro atoms. The molecule has 0 aromatic carbocycles. The molecule has 4 rings (SSSR count). The third kappa shape index (κ3) is 6.72. The van der Waals surface area contributed by atoms with Crippen molar-refractivity contribution in [2.24, 2.45) is 11.8 Å². The van der Waals surface area contributed by atoms with E-state index in [4.69, 9.17) is 4.98 Å². The van der Waals surface area contributed by atoms with Crippen molar-refractivity contribution in [2.45, 2.75) is 84.9 Å². The minimum atomic E-state index is -0.922. The molecule has 0 aliphatic carbocycles. The third-order valence-corrected chi connectivity index (χ3v) is 9.21. The largest absolute Gasteiger partial charge is 0.713 e. The van der Waals surface area contributed by atoms with Crippen LogP contribution >= 0.6 is 12.6 Å². The molecule has 1 amide bonds. The van der Waals surface area contributed by atoms with E-state index in [1.54, 1.807) is 6.42 Å². The lowest BCUT2D eigenvalue weighted by molar-refractivity contribution is -0.434. The normalized spacial score (nSPS) is 21.7. The lowest BCUT2D eigenvalue weighted by atomic mass is 9.87. The number of hydrogen-bond acceptors (Lipinski definition) is 5. The maximum absolute atomic E-state index is 12.4. The summed E-state index contributed by atoms with van der Waals surface area (Å²) in [5.41, 5.74) is 6.19. The van der Waals surface area contributed by atoms with E-state index in [1.165, 1.54) is 0 Å². The Morgan fingerprint density at radius 3 is 2.48 bits per heavy atom. The van der Waals surface area contributed by atoms with E-state index in [-0.39, 0.29) is 60.6 Å². The summed E-state index contributed by atoms with van der Waals surface area (Å²) in [5, 5.41) is 35.1. The molecule has 2 aliphatic rings. The van der Waals surface area contributed by atoms with Crippen molar-refractivity contribution in [3.05, 3.63) is 73.3 Å². The summed E-state index contributed by atoms with van der Waals surface area (Å²) in [6.45, 7) is 11.5. The van der Waals surface area contributed by atoms with Gasteiger partial charge in [-0.3, -0.25) is 14.6 Å². The van der Waals surface area contributed by atoms with Crippen molar-refractivity contribution >= 4 is 48.5 Å². The average Bonchev–Trinajstić information content (AvgIpc) is 3.59. The van der Waals surface area contributed by atoms with Crippen molar-refractivity contribution < 1.29 is 34.7 Å². The summed E-state index contributed by atoms with van der Waals surface area (Å²) in [5.74, 6) is -2.07. The standard InChI is InChI=1S/C33H42N4O6S/c1-7-20-15(2)25(36-33(20)43)12-23-16(3)21(8-10-29(38)39)26(34-23)14-27-22(9-11-30(40)41)17(4)24(35-27)13-28-31(19(6)44)18(5)32(42)37-28/h7,13-14,18-19,25,31,37H,8-12H2,1-6H3,(H6,34,35,36,38,39,40,41,42,43,44)/q-2/p-1/b24-13+/t18-,19-,25-,31+/m1/s1. The van der Waals surface area contributed by atoms with Crippen molar-refractivity contribution in [2.75, 3.05) is 0 Å². The molecule has 10 nitrogen and oxygen atoms in total. The molecule has 4 atom stereocenters. The zero-order valence-corrected chi connectivity index (χ0v) is 26.9. The van der Waals surface area contributed by atoms with Crippen molar-refractivity contribution in [1.29, 1.82) is 0 Å². The van der Waals surface area contributed by atoms with E-state index in [0.717, 1.165) is 44.9 Å². The molecule has 5 N–H and O–H groups in total. The van der Waals surface area contributed by atoms with E-state index >= 15 is 0 Å². The third-order valence-electron chi connectivity index (χ3n) is 8.88. The second-order valence-corrected chi connectivity index (χ2v) is 12.6. The smallest absolute Gasteiger partial charge is 0.303 e. The van der Waals surface area contributed by atoms with Crippen LogP contribution in [0.4, 0.5) is 0 Å². The molecule has 0 radical (unpaired) electrons. The predicted molar refractivity (Wildman–Crippen MR) is 171 cm³/mol. The summed E-state index contributed by atoms with van der Waals surface area (Å²) in [6, 6.07) is 0.475. The van der Waals surface area contributed by atoms with Crippen LogP contribution in [-0.4, -0.2) is 60.3 Å². The van der Waals surface area contributed by atoms with Gasteiger partial charge in [0.2, 0.25) is 5.90 Å². The summed E-state index contributed by atoms with van der Waals surface area (Å²) in [7, 11) is 0. The fourth-order valence-corrected chi connectivity index (χ4v) is 6.72. The maximum atomic E-state index is 12.4. The van der Waals surface area contributed by atoms with Gasteiger partial charge in [0.25, 0.3) is 0 Å². The SMILES string of the molecule is C[CH-]C1=C(C)[C@@H](Cc2nc(/C=c3\[nH]/c(=C/[C-]4[NH+]=C(O)[C@H](C)[C@H]4[C@@H](C)S)c(C)c3CCC(=O)O)[c-](CCC(=O)O)c2C)[N-]C1=O. The molecule has 238 valence electrons. The van der Waals surface area contributed by atoms with Gasteiger partial charge in [-0.1, -0.05) is 75.8 Å². The summed E-state index contributed by atoms with van der Waals surface area (Å²) >= 11 is 4.65. The van der Waals surface area contributed by atoms with Gasteiger partial charge < -0.3 is 35.4 Å². The van der Waals surface area contributed by atoms with Gasteiger partial charge in [-0.25, -0.2) is 0 Å². The molecule has 0 unspecified atom stereocenters. The summed E-state index contributed by atoms with van der Waals surface area (Å²) < 4.78 is 0. The van der Waals surface area contributed by atoms with Crippen molar-refractivity contribution in [1.82, 2.24) is 9.97 Å². The molecule has 4 heterocycles. The molecule has 2 aromatic rings. The van der Waals surface area contributed by atoms with Gasteiger partial charge in [0, 0.05) is 29.9 Å². The fourth-order valence-electron chi connectivity index (χ4n) is 6.30. The maximum Gasteiger partial charge on any atom is 0.303 e. The van der Waals surface area contributed by atoms with Crippen LogP contribution in [0.2, 0.25) is 0 Å². The van der Waals surface area contributed by atoms with Gasteiger partial charge >= 0.3 is 11.9 Å². The van der Waals surface area contributed by atoms with Gasteiger partial charge in [0.05, 0.1) is 6.04 Å². The van der Waals surface area contributed by atoms with Crippen molar-refractivity contribution in [3.8, 4) is 0 Å². The number of aliphatic carboxylic acids is 2. The van der Waals surface area contributed by atoms with E-state index in [1.807, 2.05) is 53.7 Å². The number of aromatic amines is 1. The quantitative estimate of drug-likeness (QED) is 0.155. The molecule has 11 heteroatoms. The number of nitrogens with one attached hydrogen (secondary N) is 2. The number of carbonyl (C=O) groups is 3. The Labute approximate surface area is 262 Å². The van der Waals surface area contributed by atoms with E-state index in [0.29, 0.717) is 23.0 Å². The molecule has 2 aromatic heterocycles. The number of aromatic nitrogens is 2. The summed E-state index contributed by atoms with van der Waals surface area (Å²) in [4.78, 5) is 46.9. The topological polar surface area (TPSA) is 169 Å². The Bertz CT molecular complexity index is 1650. The molecular formula is C33H41N4O6S-3. The van der Waals surface area contributed by atoms with Gasteiger partial charge in [-0.05, 0) is 30.2 Å². The Hall–Kier alpha value is -3.99. The minimum Gasteiger partial charge on any atom is -0.713 e. The molecule has 44 heavy (non-hydrogen) atoms. The Kier molecular flexibility index (Phi) is 9.98. The second kappa shape index (κ2) is 13.3. The van der Waals surface area contributed by atoms with Gasteiger partial charge in [0.1, 0.15) is 0 Å². The lowest BCUT2D eigenvalue weighted by Crippen LogP contribution is -2.72. The number of thiol groups is 1. The molecule has 0 saturated heterocycles. The lowest BCUT2D eigenvalue weighted by Gasteiger charge is -2.31. The van der Waals surface area contributed by atoms with Crippen molar-refractivity contribution in [3.63, 3.8) is 0 Å². The van der Waals surface area contributed by atoms with Crippen LogP contribution < -0.4 is 15.7 Å². The number of carbonyl (C=O) groups excluding carboxylic acids is 1. The zero-order chi connectivity index (χ0) is 32.5. The van der Waals surface area contributed by atoms with Crippen LogP contribution in [0.15, 0.2) is 11.1 Å². The highest BCUT2D eigenvalue weighted by molar-refractivity contribution is 7.80. The first-order valence-electron chi connectivity index (χ1n) is 14.9. The first-order chi connectivity index (χ1) is 20.7. The molecule has 0 saturated carbocycles. The first-order valence-corrected chi connectivity index (χ1v) is 15.4. The number of aliphatic hydroxyl groups excluding tert-OH is 1. The van der Waals surface area contributed by atoms with E-state index < -0.39 is 11.9 Å². The Balaban J connectivity index is 1.84. The van der Waals surface area contributed by atoms with Crippen LogP contribution in [0.1, 0.15) is 74.2 Å². The van der Waals surface area contributed by atoms with Crippen LogP contribution in [0.3, 0.4) is 0 Å². The highest BCUT2D eigenvalue weighted by Gasteiger charge is 2.37. The monoisotopic (exact) mass is 621 g/mol. The molecular weight excluding hydrogens is 580 g/mol. The summed E-state index contributed by atoms with van der Waals surface area (Å²) in [6.07, 6.45) is 6.37. The number of carboxylic acid groups (broad SMARTS) is 2. The van der Waals surface area contributed by atoms with Gasteiger partial charge in [-0.2, -0.15) is 36.2 Å². The number of carboxylic acids is 2. The van der Waals surface area contributed by atoms with E-state index in [9.17, 15) is 29.7 Å². The highest BCUT2D eigenvalue weighted by atomic mass is 32.1. The second-order valence-electron chi connectivity index (χ2n) is 11.7. The van der Waals surface area contributed by atoms with Crippen LogP contribution in [-0.2, 0) is 33.6 Å². The average molecular weight is 622 g/mol. The van der Waals surface area contributed by atoms with Crippen LogP contribution in [0, 0.1) is 38.1 Å². The highest BCUT2D eigenvalue weighted by Crippen LogP contribution is 2.33. The number of nitrogens with zero attached hydrogens (tertiary/aromatic N) is 2. The number of hydrogen-bond donors (Lipinski definition) is 6. The number of amides is 1. The fraction of sp³-hybridized carbons (Fsp3) is 0.455. The number of rotatable bonds is 12. The first kappa shape index (κ1) is 32.9. The van der Waals surface area contributed by atoms with Crippen LogP contribution in [0.25, 0.3) is 17.5 Å². The number of H-pyrrole nitrogens is 1. The molecule has 0 fully saturated rings. The van der Waals surface area contributed by atoms with Crippen LogP contribution in [0.5, 0.6) is 0 Å². The van der Waals surface area contributed by atoms with Gasteiger partial charge in [0.15, 0.2) is 0 Å².